The second kappa shape index (κ2) is 7.36. The molecule has 0 saturated carbocycles. The Labute approximate surface area is 177 Å². The largest absolute Gasteiger partial charge is 0.352 e. The van der Waals surface area contributed by atoms with Gasteiger partial charge in [-0.1, -0.05) is 24.1 Å². The van der Waals surface area contributed by atoms with E-state index in [4.69, 9.17) is 0 Å². The molecule has 1 aromatic carbocycles. The van der Waals surface area contributed by atoms with E-state index in [2.05, 4.69) is 15.4 Å². The maximum atomic E-state index is 12.9. The van der Waals surface area contributed by atoms with Gasteiger partial charge in [0, 0.05) is 10.6 Å². The molecular weight excluding hydrogens is 398 g/mol. The van der Waals surface area contributed by atoms with Crippen LogP contribution in [0.15, 0.2) is 29.3 Å². The number of fused-ring (bicyclic) bond motifs is 5. The highest BCUT2D eigenvalue weighted by Gasteiger charge is 2.21. The second-order valence-electron chi connectivity index (χ2n) is 7.99. The van der Waals surface area contributed by atoms with Gasteiger partial charge in [-0.05, 0) is 56.7 Å². The van der Waals surface area contributed by atoms with Gasteiger partial charge in [-0.2, -0.15) is 0 Å². The number of anilines is 1. The van der Waals surface area contributed by atoms with Crippen LogP contribution in [0.25, 0.3) is 15.9 Å². The van der Waals surface area contributed by atoms with Crippen LogP contribution in [-0.4, -0.2) is 25.1 Å². The Kier molecular flexibility index (Phi) is 4.66. The molecule has 0 unspecified atom stereocenters. The molecule has 0 aliphatic heterocycles. The predicted molar refractivity (Wildman–Crippen MR) is 118 cm³/mol. The molecule has 0 atom stereocenters. The van der Waals surface area contributed by atoms with E-state index in [0.717, 1.165) is 46.3 Å². The lowest BCUT2D eigenvalue weighted by Crippen LogP contribution is -2.28. The van der Waals surface area contributed by atoms with Crippen LogP contribution < -0.4 is 11.0 Å². The minimum atomic E-state index is -0.344. The number of nitrogens with zero attached hydrogens (tertiary/aromatic N) is 4. The van der Waals surface area contributed by atoms with Gasteiger partial charge in [-0.3, -0.25) is 4.79 Å². The molecule has 1 N–H and O–H groups in total. The molecule has 0 saturated heterocycles. The van der Waals surface area contributed by atoms with Crippen LogP contribution in [0.2, 0.25) is 0 Å². The van der Waals surface area contributed by atoms with Gasteiger partial charge in [0.25, 0.3) is 0 Å². The molecule has 3 heterocycles. The van der Waals surface area contributed by atoms with Crippen molar-refractivity contribution in [2.75, 3.05) is 5.32 Å². The average molecular weight is 422 g/mol. The van der Waals surface area contributed by atoms with E-state index in [1.54, 1.807) is 11.3 Å². The number of aromatic nitrogens is 4. The number of thiophene rings is 1. The third-order valence-corrected chi connectivity index (χ3v) is 6.94. The van der Waals surface area contributed by atoms with Gasteiger partial charge >= 0.3 is 5.69 Å². The third-order valence-electron chi connectivity index (χ3n) is 5.74. The summed E-state index contributed by atoms with van der Waals surface area (Å²) in [5, 5.41) is 8.41. The first-order valence-corrected chi connectivity index (χ1v) is 11.1. The number of hydrogen-bond donors (Lipinski definition) is 1. The molecule has 0 radical (unpaired) electrons. The van der Waals surface area contributed by atoms with Crippen LogP contribution in [0, 0.1) is 13.8 Å². The highest BCUT2D eigenvalue weighted by molar-refractivity contribution is 7.19. The molecule has 1 amide bonds. The number of benzene rings is 1. The summed E-state index contributed by atoms with van der Waals surface area (Å²) < 4.78 is 2.70. The van der Waals surface area contributed by atoms with Crippen molar-refractivity contribution in [3.63, 3.8) is 0 Å². The van der Waals surface area contributed by atoms with Crippen molar-refractivity contribution >= 4 is 38.8 Å². The van der Waals surface area contributed by atoms with Crippen LogP contribution in [0.1, 0.15) is 40.8 Å². The Morgan fingerprint density at radius 1 is 1.20 bits per heavy atom. The van der Waals surface area contributed by atoms with E-state index < -0.39 is 0 Å². The van der Waals surface area contributed by atoms with Crippen LogP contribution >= 0.6 is 11.3 Å². The molecule has 7 nitrogen and oxygen atoms in total. The summed E-state index contributed by atoms with van der Waals surface area (Å²) in [7, 11) is 0. The van der Waals surface area contributed by atoms with E-state index in [0.29, 0.717) is 5.65 Å². The lowest BCUT2D eigenvalue weighted by molar-refractivity contribution is -0.117. The van der Waals surface area contributed by atoms with E-state index in [1.807, 2.05) is 32.0 Å². The van der Waals surface area contributed by atoms with Crippen LogP contribution in [0.3, 0.4) is 0 Å². The number of aryl methyl sites for hydroxylation is 4. The fourth-order valence-corrected chi connectivity index (χ4v) is 5.46. The van der Waals surface area contributed by atoms with Crippen LogP contribution in [-0.2, 0) is 24.2 Å². The SMILES string of the molecule is Cc1ccc(NC(=O)Cn2nc3c4c5c(sc4ncn3c2=O)CCCCC5)c(C)c1. The first-order valence-electron chi connectivity index (χ1n) is 10.3. The molecule has 30 heavy (non-hydrogen) atoms. The van der Waals surface area contributed by atoms with Crippen LogP contribution in [0.4, 0.5) is 5.69 Å². The summed E-state index contributed by atoms with van der Waals surface area (Å²) in [4.78, 5) is 32.3. The molecule has 154 valence electrons. The monoisotopic (exact) mass is 421 g/mol. The molecule has 1 aliphatic rings. The van der Waals surface area contributed by atoms with Crippen molar-refractivity contribution < 1.29 is 4.79 Å². The van der Waals surface area contributed by atoms with Crippen molar-refractivity contribution in [3.05, 3.63) is 56.6 Å². The minimum Gasteiger partial charge on any atom is -0.324 e. The Morgan fingerprint density at radius 2 is 2.03 bits per heavy atom. The molecule has 0 bridgehead atoms. The summed E-state index contributed by atoms with van der Waals surface area (Å²) in [6.07, 6.45) is 7.14. The first kappa shape index (κ1) is 19.0. The number of amides is 1. The molecule has 0 fully saturated rings. The highest BCUT2D eigenvalue weighted by atomic mass is 32.1. The Hall–Kier alpha value is -3.00. The zero-order valence-electron chi connectivity index (χ0n) is 17.1. The Bertz CT molecular complexity index is 1350. The quantitative estimate of drug-likeness (QED) is 0.512. The number of rotatable bonds is 3. The third kappa shape index (κ3) is 3.21. The van der Waals surface area contributed by atoms with E-state index in [1.165, 1.54) is 38.7 Å². The number of carbonyl (C=O) groups excluding carboxylic acids is 1. The smallest absolute Gasteiger partial charge is 0.324 e. The lowest BCUT2D eigenvalue weighted by Gasteiger charge is -2.08. The predicted octanol–water partition coefficient (Wildman–Crippen LogP) is 3.63. The fourth-order valence-electron chi connectivity index (χ4n) is 4.24. The second-order valence-corrected chi connectivity index (χ2v) is 9.07. The lowest BCUT2D eigenvalue weighted by atomic mass is 10.1. The summed E-state index contributed by atoms with van der Waals surface area (Å²) >= 11 is 1.71. The molecule has 3 aromatic heterocycles. The van der Waals surface area contributed by atoms with Gasteiger partial charge in [0.1, 0.15) is 17.7 Å². The summed E-state index contributed by atoms with van der Waals surface area (Å²) in [5.41, 5.74) is 4.40. The van der Waals surface area contributed by atoms with Gasteiger partial charge in [-0.25, -0.2) is 18.9 Å². The Balaban J connectivity index is 1.51. The zero-order valence-corrected chi connectivity index (χ0v) is 17.9. The molecule has 5 rings (SSSR count). The van der Waals surface area contributed by atoms with Gasteiger partial charge in [-0.15, -0.1) is 16.4 Å². The van der Waals surface area contributed by atoms with Gasteiger partial charge in [0.15, 0.2) is 5.65 Å². The fraction of sp³-hybridized carbons (Fsp3) is 0.364. The number of nitrogens with one attached hydrogen (secondary N) is 1. The van der Waals surface area contributed by atoms with E-state index >= 15 is 0 Å². The minimum absolute atomic E-state index is 0.137. The molecular formula is C22H23N5O2S. The maximum absolute atomic E-state index is 12.9. The highest BCUT2D eigenvalue weighted by Crippen LogP contribution is 2.35. The van der Waals surface area contributed by atoms with Crippen molar-refractivity contribution in [2.24, 2.45) is 0 Å². The standard InChI is InChI=1S/C22H23N5O2S/c1-13-8-9-16(14(2)10-13)24-18(28)11-27-22(29)26-12-23-21-19(20(26)25-27)15-6-4-3-5-7-17(15)30-21/h8-10,12H,3-7,11H2,1-2H3,(H,24,28). The molecule has 8 heteroatoms. The van der Waals surface area contributed by atoms with Crippen molar-refractivity contribution in [1.29, 1.82) is 0 Å². The van der Waals surface area contributed by atoms with Crippen molar-refractivity contribution in [3.8, 4) is 0 Å². The van der Waals surface area contributed by atoms with E-state index in [-0.39, 0.29) is 18.1 Å². The summed E-state index contributed by atoms with van der Waals surface area (Å²) in [6.45, 7) is 3.82. The average Bonchev–Trinajstić information content (AvgIpc) is 3.11. The van der Waals surface area contributed by atoms with Gasteiger partial charge in [0.05, 0.1) is 5.39 Å². The molecule has 4 aromatic rings. The summed E-state index contributed by atoms with van der Waals surface area (Å²) in [6, 6.07) is 5.84. The van der Waals surface area contributed by atoms with Crippen molar-refractivity contribution in [2.45, 2.75) is 52.5 Å². The van der Waals surface area contributed by atoms with Crippen LogP contribution in [0.5, 0.6) is 0 Å². The van der Waals surface area contributed by atoms with Gasteiger partial charge in [0.2, 0.25) is 5.91 Å². The maximum Gasteiger partial charge on any atom is 0.352 e. The molecule has 1 aliphatic carbocycles. The Morgan fingerprint density at radius 3 is 2.87 bits per heavy atom. The zero-order chi connectivity index (χ0) is 20.8. The topological polar surface area (TPSA) is 81.3 Å². The normalized spacial score (nSPS) is 14.1. The number of carbonyl (C=O) groups is 1. The van der Waals surface area contributed by atoms with Crippen molar-refractivity contribution in [1.82, 2.24) is 19.2 Å². The van der Waals surface area contributed by atoms with E-state index in [9.17, 15) is 9.59 Å². The summed E-state index contributed by atoms with van der Waals surface area (Å²) in [5.74, 6) is -0.277. The number of hydrogen-bond acceptors (Lipinski definition) is 5. The molecule has 0 spiro atoms. The first-order chi connectivity index (χ1) is 14.5. The van der Waals surface area contributed by atoms with Gasteiger partial charge < -0.3 is 5.32 Å².